The molecule has 3 nitrogen and oxygen atoms in total. The second kappa shape index (κ2) is 5.11. The molecule has 0 bridgehead atoms. The van der Waals surface area contributed by atoms with E-state index in [-0.39, 0.29) is 5.92 Å². The minimum Gasteiger partial charge on any atom is -0.304 e. The summed E-state index contributed by atoms with van der Waals surface area (Å²) in [4.78, 5) is 16.3. The average molecular weight is 222 g/mol. The van der Waals surface area contributed by atoms with Crippen LogP contribution in [0.1, 0.15) is 19.8 Å². The van der Waals surface area contributed by atoms with Crippen molar-refractivity contribution in [1.29, 1.82) is 0 Å². The molecule has 1 fully saturated rings. The molecule has 3 heteroatoms. The summed E-state index contributed by atoms with van der Waals surface area (Å²) in [5.74, 6) is 0.609. The molecule has 1 heterocycles. The summed E-state index contributed by atoms with van der Waals surface area (Å²) >= 11 is 0. The smallest absolute Gasteiger partial charge is 0.133 e. The number of ketones is 1. The number of Topliss-reactive ketones (excluding diaryl/α,β-unsaturated/α-hetero) is 1. The molecule has 0 aromatic carbocycles. The third-order valence-corrected chi connectivity index (χ3v) is 3.89. The van der Waals surface area contributed by atoms with Crippen LogP contribution >= 0.6 is 0 Å². The first-order chi connectivity index (χ1) is 7.66. The van der Waals surface area contributed by atoms with Crippen LogP contribution in [0.3, 0.4) is 0 Å². The van der Waals surface area contributed by atoms with E-state index < -0.39 is 0 Å². The zero-order valence-electron chi connectivity index (χ0n) is 10.4. The van der Waals surface area contributed by atoms with Crippen molar-refractivity contribution in [2.45, 2.75) is 25.8 Å². The van der Waals surface area contributed by atoms with E-state index in [1.807, 2.05) is 0 Å². The molecule has 0 aromatic heterocycles. The van der Waals surface area contributed by atoms with E-state index in [0.717, 1.165) is 39.0 Å². The minimum absolute atomic E-state index is 0.259. The van der Waals surface area contributed by atoms with Gasteiger partial charge in [0.15, 0.2) is 0 Å². The zero-order valence-corrected chi connectivity index (χ0v) is 10.4. The maximum Gasteiger partial charge on any atom is 0.133 e. The first-order valence-corrected chi connectivity index (χ1v) is 6.26. The fourth-order valence-electron chi connectivity index (χ4n) is 2.62. The van der Waals surface area contributed by atoms with E-state index in [0.29, 0.717) is 11.8 Å². The highest BCUT2D eigenvalue weighted by Crippen LogP contribution is 2.23. The van der Waals surface area contributed by atoms with Gasteiger partial charge in [-0.2, -0.15) is 0 Å². The quantitative estimate of drug-likeness (QED) is 0.655. The Labute approximate surface area is 98.1 Å². The molecule has 0 saturated carbocycles. The lowest BCUT2D eigenvalue weighted by Gasteiger charge is -2.39. The van der Waals surface area contributed by atoms with Gasteiger partial charge in [-0.15, -0.1) is 0 Å². The van der Waals surface area contributed by atoms with Crippen LogP contribution in [0.15, 0.2) is 12.2 Å². The van der Waals surface area contributed by atoms with Crippen molar-refractivity contribution in [2.75, 3.05) is 33.2 Å². The van der Waals surface area contributed by atoms with E-state index in [9.17, 15) is 4.79 Å². The Kier molecular flexibility index (Phi) is 3.77. The Morgan fingerprint density at radius 3 is 2.56 bits per heavy atom. The molecule has 0 aromatic rings. The van der Waals surface area contributed by atoms with Crippen LogP contribution < -0.4 is 0 Å². The van der Waals surface area contributed by atoms with E-state index in [1.54, 1.807) is 6.92 Å². The molecule has 90 valence electrons. The topological polar surface area (TPSA) is 23.6 Å². The van der Waals surface area contributed by atoms with Crippen molar-refractivity contribution >= 4 is 5.78 Å². The summed E-state index contributed by atoms with van der Waals surface area (Å²) < 4.78 is 0. The number of hydrogen-bond donors (Lipinski definition) is 0. The summed E-state index contributed by atoms with van der Waals surface area (Å²) in [6.45, 7) is 6.29. The molecule has 0 N–H and O–H groups in total. The molecular formula is C13H22N2O. The normalized spacial score (nSPS) is 32.9. The van der Waals surface area contributed by atoms with Gasteiger partial charge in [-0.3, -0.25) is 9.69 Å². The molecule has 2 atom stereocenters. The summed E-state index contributed by atoms with van der Waals surface area (Å²) in [5, 5.41) is 0. The third kappa shape index (κ3) is 2.71. The standard InChI is InChI=1S/C13H22N2O/c1-11(16)12-4-3-5-13(10-12)15-8-6-14(2)7-9-15/h3,5,12-13H,4,6-10H2,1-2H3/t12-,13-/m0/s1. The fourth-order valence-corrected chi connectivity index (χ4v) is 2.62. The van der Waals surface area contributed by atoms with Crippen molar-refractivity contribution in [3.05, 3.63) is 12.2 Å². The molecule has 2 aliphatic rings. The Morgan fingerprint density at radius 2 is 1.94 bits per heavy atom. The van der Waals surface area contributed by atoms with E-state index >= 15 is 0 Å². The number of hydrogen-bond acceptors (Lipinski definition) is 3. The molecule has 1 aliphatic carbocycles. The highest BCUT2D eigenvalue weighted by molar-refractivity contribution is 5.78. The lowest BCUT2D eigenvalue weighted by atomic mass is 9.87. The first-order valence-electron chi connectivity index (χ1n) is 6.26. The molecule has 1 aliphatic heterocycles. The highest BCUT2D eigenvalue weighted by Gasteiger charge is 2.27. The van der Waals surface area contributed by atoms with Gasteiger partial charge in [0, 0.05) is 38.1 Å². The van der Waals surface area contributed by atoms with Crippen LogP contribution in [0.5, 0.6) is 0 Å². The van der Waals surface area contributed by atoms with Crippen LogP contribution in [-0.4, -0.2) is 54.9 Å². The van der Waals surface area contributed by atoms with Crippen molar-refractivity contribution in [3.8, 4) is 0 Å². The second-order valence-corrected chi connectivity index (χ2v) is 5.11. The van der Waals surface area contributed by atoms with Gasteiger partial charge in [-0.1, -0.05) is 12.2 Å². The van der Waals surface area contributed by atoms with Gasteiger partial charge in [0.05, 0.1) is 0 Å². The number of nitrogens with zero attached hydrogens (tertiary/aromatic N) is 2. The average Bonchev–Trinajstić information content (AvgIpc) is 2.30. The molecular weight excluding hydrogens is 200 g/mol. The van der Waals surface area contributed by atoms with Gasteiger partial charge in [-0.05, 0) is 26.8 Å². The highest BCUT2D eigenvalue weighted by atomic mass is 16.1. The number of piperazine rings is 1. The first kappa shape index (κ1) is 11.8. The Balaban J connectivity index is 1.92. The SMILES string of the molecule is CC(=O)[C@H]1CC=C[C@H](N2CCN(C)CC2)C1. The lowest BCUT2D eigenvalue weighted by Crippen LogP contribution is -2.49. The van der Waals surface area contributed by atoms with Gasteiger partial charge in [0.1, 0.15) is 5.78 Å². The Bertz CT molecular complexity index is 280. The summed E-state index contributed by atoms with van der Waals surface area (Å²) in [5.41, 5.74) is 0. The number of carbonyl (C=O) groups excluding carboxylic acids is 1. The van der Waals surface area contributed by atoms with E-state index in [4.69, 9.17) is 0 Å². The maximum absolute atomic E-state index is 11.4. The van der Waals surface area contributed by atoms with Gasteiger partial charge >= 0.3 is 0 Å². The van der Waals surface area contributed by atoms with Crippen molar-refractivity contribution in [3.63, 3.8) is 0 Å². The van der Waals surface area contributed by atoms with Gasteiger partial charge < -0.3 is 4.90 Å². The number of rotatable bonds is 2. The largest absolute Gasteiger partial charge is 0.304 e. The predicted octanol–water partition coefficient (Wildman–Crippen LogP) is 1.16. The van der Waals surface area contributed by atoms with Crippen LogP contribution in [-0.2, 0) is 4.79 Å². The minimum atomic E-state index is 0.259. The lowest BCUT2D eigenvalue weighted by molar-refractivity contribution is -0.121. The molecule has 1 saturated heterocycles. The van der Waals surface area contributed by atoms with Gasteiger partial charge in [0.2, 0.25) is 0 Å². The molecule has 0 spiro atoms. The summed E-state index contributed by atoms with van der Waals surface area (Å²) in [6.07, 6.45) is 6.46. The molecule has 0 amide bonds. The van der Waals surface area contributed by atoms with Crippen molar-refractivity contribution < 1.29 is 4.79 Å². The Hall–Kier alpha value is -0.670. The monoisotopic (exact) mass is 222 g/mol. The van der Waals surface area contributed by atoms with E-state index in [1.165, 1.54) is 0 Å². The molecule has 0 radical (unpaired) electrons. The second-order valence-electron chi connectivity index (χ2n) is 5.11. The van der Waals surface area contributed by atoms with Crippen LogP contribution in [0, 0.1) is 5.92 Å². The van der Waals surface area contributed by atoms with Crippen molar-refractivity contribution in [2.24, 2.45) is 5.92 Å². The van der Waals surface area contributed by atoms with E-state index in [2.05, 4.69) is 29.0 Å². The number of carbonyl (C=O) groups is 1. The molecule has 16 heavy (non-hydrogen) atoms. The van der Waals surface area contributed by atoms with Crippen LogP contribution in [0.2, 0.25) is 0 Å². The zero-order chi connectivity index (χ0) is 11.5. The predicted molar refractivity (Wildman–Crippen MR) is 65.4 cm³/mol. The van der Waals surface area contributed by atoms with Gasteiger partial charge in [0.25, 0.3) is 0 Å². The van der Waals surface area contributed by atoms with Crippen LogP contribution in [0.4, 0.5) is 0 Å². The molecule has 0 unspecified atom stereocenters. The van der Waals surface area contributed by atoms with Crippen molar-refractivity contribution in [1.82, 2.24) is 9.80 Å². The Morgan fingerprint density at radius 1 is 1.25 bits per heavy atom. The summed E-state index contributed by atoms with van der Waals surface area (Å²) in [6, 6.07) is 0.497. The number of likely N-dealkylation sites (N-methyl/N-ethyl adjacent to an activating group) is 1. The third-order valence-electron chi connectivity index (χ3n) is 3.89. The maximum atomic E-state index is 11.4. The molecule has 2 rings (SSSR count). The van der Waals surface area contributed by atoms with Crippen LogP contribution in [0.25, 0.3) is 0 Å². The van der Waals surface area contributed by atoms with Gasteiger partial charge in [-0.25, -0.2) is 0 Å². The summed E-state index contributed by atoms with van der Waals surface area (Å²) in [7, 11) is 2.17. The fraction of sp³-hybridized carbons (Fsp3) is 0.769. The number of allylic oxidation sites excluding steroid dienone is 1.